The maximum atomic E-state index is 12.0. The summed E-state index contributed by atoms with van der Waals surface area (Å²) in [5.74, 6) is 0.303. The molecule has 0 aliphatic heterocycles. The number of ether oxygens (including phenoxy) is 1. The predicted molar refractivity (Wildman–Crippen MR) is 67.6 cm³/mol. The zero-order valence-corrected chi connectivity index (χ0v) is 10.4. The standard InChI is InChI=1S/C13H12F3N3O/c14-13(15,16)8-20-7-12-18-10(6-11(17)19-12)9-4-2-1-3-5-9/h1-6H,7-8H2,(H2,17,18,19). The van der Waals surface area contributed by atoms with Crippen molar-refractivity contribution in [2.24, 2.45) is 0 Å². The molecule has 0 saturated carbocycles. The summed E-state index contributed by atoms with van der Waals surface area (Å²) in [6, 6.07) is 10.7. The monoisotopic (exact) mass is 283 g/mol. The number of halogens is 3. The van der Waals surface area contributed by atoms with Gasteiger partial charge >= 0.3 is 6.18 Å². The molecule has 2 rings (SSSR count). The van der Waals surface area contributed by atoms with Crippen LogP contribution in [-0.2, 0) is 11.3 Å². The molecule has 0 amide bonds. The molecule has 7 heteroatoms. The molecule has 0 radical (unpaired) electrons. The molecule has 0 atom stereocenters. The lowest BCUT2D eigenvalue weighted by atomic mass is 10.1. The van der Waals surface area contributed by atoms with Gasteiger partial charge in [0.25, 0.3) is 0 Å². The van der Waals surface area contributed by atoms with Gasteiger partial charge in [0, 0.05) is 11.6 Å². The Hall–Kier alpha value is -2.15. The van der Waals surface area contributed by atoms with Gasteiger partial charge in [-0.1, -0.05) is 30.3 Å². The van der Waals surface area contributed by atoms with Crippen LogP contribution in [0.25, 0.3) is 11.3 Å². The van der Waals surface area contributed by atoms with Crippen molar-refractivity contribution in [1.82, 2.24) is 9.97 Å². The second-order valence-corrected chi connectivity index (χ2v) is 4.07. The zero-order chi connectivity index (χ0) is 14.6. The average molecular weight is 283 g/mol. The number of rotatable bonds is 4. The van der Waals surface area contributed by atoms with Crippen LogP contribution in [0.4, 0.5) is 19.0 Å². The number of benzene rings is 1. The number of anilines is 1. The predicted octanol–water partition coefficient (Wildman–Crippen LogP) is 2.80. The van der Waals surface area contributed by atoms with Crippen molar-refractivity contribution < 1.29 is 17.9 Å². The Labute approximate surface area is 113 Å². The van der Waals surface area contributed by atoms with Crippen LogP contribution in [0.3, 0.4) is 0 Å². The molecule has 0 aliphatic carbocycles. The van der Waals surface area contributed by atoms with E-state index in [0.717, 1.165) is 5.56 Å². The van der Waals surface area contributed by atoms with Crippen LogP contribution in [-0.4, -0.2) is 22.8 Å². The van der Waals surface area contributed by atoms with Gasteiger partial charge in [-0.2, -0.15) is 13.2 Å². The number of nitrogens with two attached hydrogens (primary N) is 1. The Morgan fingerprint density at radius 3 is 2.45 bits per heavy atom. The van der Waals surface area contributed by atoms with Gasteiger partial charge in [-0.3, -0.25) is 0 Å². The van der Waals surface area contributed by atoms with Gasteiger partial charge in [0.15, 0.2) is 5.82 Å². The van der Waals surface area contributed by atoms with E-state index in [9.17, 15) is 13.2 Å². The fourth-order valence-corrected chi connectivity index (χ4v) is 1.60. The Kier molecular flexibility index (Phi) is 4.19. The fourth-order valence-electron chi connectivity index (χ4n) is 1.60. The second kappa shape index (κ2) is 5.87. The van der Waals surface area contributed by atoms with Gasteiger partial charge in [-0.15, -0.1) is 0 Å². The summed E-state index contributed by atoms with van der Waals surface area (Å²) >= 11 is 0. The van der Waals surface area contributed by atoms with E-state index >= 15 is 0 Å². The molecule has 0 bridgehead atoms. The lowest BCUT2D eigenvalue weighted by Crippen LogP contribution is -2.17. The summed E-state index contributed by atoms with van der Waals surface area (Å²) in [6.07, 6.45) is -4.37. The van der Waals surface area contributed by atoms with Crippen molar-refractivity contribution >= 4 is 5.82 Å². The number of hydrogen-bond donors (Lipinski definition) is 1. The molecule has 0 fully saturated rings. The molecule has 20 heavy (non-hydrogen) atoms. The largest absolute Gasteiger partial charge is 0.411 e. The smallest absolute Gasteiger partial charge is 0.384 e. The van der Waals surface area contributed by atoms with Crippen LogP contribution in [0, 0.1) is 0 Å². The van der Waals surface area contributed by atoms with Crippen LogP contribution < -0.4 is 5.73 Å². The van der Waals surface area contributed by atoms with E-state index in [1.807, 2.05) is 30.3 Å². The molecule has 1 aromatic heterocycles. The first-order valence-electron chi connectivity index (χ1n) is 5.77. The molecule has 1 aromatic carbocycles. The average Bonchev–Trinajstić information content (AvgIpc) is 2.37. The van der Waals surface area contributed by atoms with Crippen LogP contribution in [0.2, 0.25) is 0 Å². The second-order valence-electron chi connectivity index (χ2n) is 4.07. The molecule has 2 aromatic rings. The molecular weight excluding hydrogens is 271 g/mol. The third kappa shape index (κ3) is 4.20. The summed E-state index contributed by atoms with van der Waals surface area (Å²) in [5.41, 5.74) is 6.97. The van der Waals surface area contributed by atoms with Crippen LogP contribution in [0.15, 0.2) is 36.4 Å². The van der Waals surface area contributed by atoms with Gasteiger partial charge in [0.1, 0.15) is 19.0 Å². The Balaban J connectivity index is 2.13. The number of nitrogens with zero attached hydrogens (tertiary/aromatic N) is 2. The molecule has 1 heterocycles. The molecule has 4 nitrogen and oxygen atoms in total. The van der Waals surface area contributed by atoms with Gasteiger partial charge in [-0.05, 0) is 0 Å². The zero-order valence-electron chi connectivity index (χ0n) is 10.4. The van der Waals surface area contributed by atoms with Crippen molar-refractivity contribution in [2.75, 3.05) is 12.3 Å². The van der Waals surface area contributed by atoms with Crippen molar-refractivity contribution in [3.63, 3.8) is 0 Å². The normalized spacial score (nSPS) is 11.6. The van der Waals surface area contributed by atoms with Gasteiger partial charge in [-0.25, -0.2) is 9.97 Å². The van der Waals surface area contributed by atoms with Crippen molar-refractivity contribution in [2.45, 2.75) is 12.8 Å². The lowest BCUT2D eigenvalue weighted by molar-refractivity contribution is -0.177. The minimum Gasteiger partial charge on any atom is -0.384 e. The highest BCUT2D eigenvalue weighted by molar-refractivity contribution is 5.61. The minimum absolute atomic E-state index is 0.119. The Bertz CT molecular complexity index is 573. The van der Waals surface area contributed by atoms with E-state index in [-0.39, 0.29) is 18.2 Å². The quantitative estimate of drug-likeness (QED) is 0.937. The minimum atomic E-state index is -4.37. The van der Waals surface area contributed by atoms with E-state index < -0.39 is 12.8 Å². The number of nitrogen functional groups attached to an aromatic ring is 1. The number of aromatic nitrogens is 2. The van der Waals surface area contributed by atoms with E-state index in [1.165, 1.54) is 0 Å². The topological polar surface area (TPSA) is 61.0 Å². The summed E-state index contributed by atoms with van der Waals surface area (Å²) in [6.45, 7) is -1.68. The highest BCUT2D eigenvalue weighted by Gasteiger charge is 2.27. The first-order valence-corrected chi connectivity index (χ1v) is 5.77. The highest BCUT2D eigenvalue weighted by atomic mass is 19.4. The Morgan fingerprint density at radius 2 is 1.80 bits per heavy atom. The van der Waals surface area contributed by atoms with E-state index in [0.29, 0.717) is 5.69 Å². The summed E-state index contributed by atoms with van der Waals surface area (Å²) in [7, 11) is 0. The van der Waals surface area contributed by atoms with Crippen LogP contribution in [0.5, 0.6) is 0 Å². The maximum absolute atomic E-state index is 12.0. The summed E-state index contributed by atoms with van der Waals surface area (Å²) in [4.78, 5) is 7.99. The molecular formula is C13H12F3N3O. The third-order valence-corrected chi connectivity index (χ3v) is 2.36. The van der Waals surface area contributed by atoms with E-state index in [1.54, 1.807) is 6.07 Å². The third-order valence-electron chi connectivity index (χ3n) is 2.36. The van der Waals surface area contributed by atoms with Crippen molar-refractivity contribution in [3.05, 3.63) is 42.2 Å². The van der Waals surface area contributed by atoms with Crippen LogP contribution in [0.1, 0.15) is 5.82 Å². The van der Waals surface area contributed by atoms with E-state index in [4.69, 9.17) is 5.73 Å². The van der Waals surface area contributed by atoms with E-state index in [2.05, 4.69) is 14.7 Å². The fraction of sp³-hybridized carbons (Fsp3) is 0.231. The molecule has 106 valence electrons. The molecule has 0 saturated heterocycles. The van der Waals surface area contributed by atoms with Gasteiger partial charge in [0.2, 0.25) is 0 Å². The first kappa shape index (κ1) is 14.3. The van der Waals surface area contributed by atoms with Gasteiger partial charge < -0.3 is 10.5 Å². The molecule has 0 spiro atoms. The number of alkyl halides is 3. The highest BCUT2D eigenvalue weighted by Crippen LogP contribution is 2.19. The summed E-state index contributed by atoms with van der Waals surface area (Å²) < 4.78 is 40.5. The van der Waals surface area contributed by atoms with Crippen molar-refractivity contribution in [1.29, 1.82) is 0 Å². The number of hydrogen-bond acceptors (Lipinski definition) is 4. The van der Waals surface area contributed by atoms with Gasteiger partial charge in [0.05, 0.1) is 5.69 Å². The SMILES string of the molecule is Nc1cc(-c2ccccc2)nc(COCC(F)(F)F)n1. The maximum Gasteiger partial charge on any atom is 0.411 e. The lowest BCUT2D eigenvalue weighted by Gasteiger charge is -2.08. The molecule has 0 unspecified atom stereocenters. The van der Waals surface area contributed by atoms with Crippen LogP contribution >= 0.6 is 0 Å². The molecule has 2 N–H and O–H groups in total. The Morgan fingerprint density at radius 1 is 1.10 bits per heavy atom. The molecule has 0 aliphatic rings. The first-order chi connectivity index (χ1) is 9.44. The summed E-state index contributed by atoms with van der Waals surface area (Å²) in [5, 5.41) is 0. The van der Waals surface area contributed by atoms with Crippen molar-refractivity contribution in [3.8, 4) is 11.3 Å².